The molecule has 14 nitrogen and oxygen atoms in total. The minimum absolute atomic E-state index is 0.0515. The van der Waals surface area contributed by atoms with E-state index in [9.17, 15) is 14.3 Å². The number of imidazole rings is 1. The van der Waals surface area contributed by atoms with Gasteiger partial charge in [-0.25, -0.2) is 19.7 Å². The fraction of sp³-hybridized carbons (Fsp3) is 0.455. The van der Waals surface area contributed by atoms with Gasteiger partial charge in [-0.1, -0.05) is 30.3 Å². The van der Waals surface area contributed by atoms with E-state index in [1.54, 1.807) is 11.5 Å². The van der Waals surface area contributed by atoms with Gasteiger partial charge in [0.05, 0.1) is 12.9 Å². The maximum absolute atomic E-state index is 12.1. The third-order valence-corrected chi connectivity index (χ3v) is 7.31. The number of fused-ring (bicyclic) bond motifs is 2. The molecule has 0 spiro atoms. The molecule has 2 unspecified atom stereocenters. The van der Waals surface area contributed by atoms with Gasteiger partial charge < -0.3 is 39.2 Å². The average Bonchev–Trinajstić information content (AvgIpc) is 3.58. The van der Waals surface area contributed by atoms with Crippen LogP contribution in [0.2, 0.25) is 0 Å². The largest absolute Gasteiger partial charge is 0.778 e. The van der Waals surface area contributed by atoms with Crippen LogP contribution in [0.4, 0.5) is 10.6 Å². The maximum atomic E-state index is 12.1. The van der Waals surface area contributed by atoms with Crippen LogP contribution in [-0.2, 0) is 23.3 Å². The van der Waals surface area contributed by atoms with Gasteiger partial charge >= 0.3 is 6.03 Å². The molecule has 4 N–H and O–H groups in total. The molecule has 198 valence electrons. The van der Waals surface area contributed by atoms with Crippen molar-refractivity contribution in [1.82, 2.24) is 24.8 Å². The van der Waals surface area contributed by atoms with Crippen molar-refractivity contribution in [2.75, 3.05) is 31.2 Å². The molecular formula is C22H27N7O7P-. The molecule has 2 aromatic heterocycles. The number of nitrogens with zero attached hydrogens (tertiary/aromatic N) is 4. The number of nitrogens with two attached hydrogens (primary N) is 1. The fourth-order valence-electron chi connectivity index (χ4n) is 4.31. The molecule has 15 heteroatoms. The lowest BCUT2D eigenvalue weighted by atomic mass is 10.1. The van der Waals surface area contributed by atoms with E-state index in [4.69, 9.17) is 24.5 Å². The van der Waals surface area contributed by atoms with Gasteiger partial charge in [-0.3, -0.25) is 9.88 Å². The first kappa shape index (κ1) is 25.7. The van der Waals surface area contributed by atoms with E-state index >= 15 is 0 Å². The Balaban J connectivity index is 1.43. The van der Waals surface area contributed by atoms with E-state index in [1.165, 1.54) is 12.7 Å². The van der Waals surface area contributed by atoms with Crippen LogP contribution < -0.4 is 21.3 Å². The number of nitrogens with one attached hydrogen (secondary N) is 2. The summed E-state index contributed by atoms with van der Waals surface area (Å²) < 4.78 is 37.6. The second kappa shape index (κ2) is 10.8. The molecule has 6 atom stereocenters. The first-order chi connectivity index (χ1) is 17.9. The average molecular weight is 532 g/mol. The molecule has 0 aliphatic carbocycles. The normalized spacial score (nSPS) is 26.6. The first-order valence-electron chi connectivity index (χ1n) is 11.8. The van der Waals surface area contributed by atoms with Gasteiger partial charge in [0.25, 0.3) is 0 Å². The van der Waals surface area contributed by atoms with Crippen LogP contribution in [0.1, 0.15) is 25.0 Å². The number of hydrogen-bond acceptors (Lipinski definition) is 11. The molecule has 0 radical (unpaired) electrons. The summed E-state index contributed by atoms with van der Waals surface area (Å²) in [7, 11) is -4.14. The van der Waals surface area contributed by atoms with Crippen LogP contribution in [0.5, 0.6) is 0 Å². The Labute approximate surface area is 212 Å². The zero-order valence-corrected chi connectivity index (χ0v) is 20.8. The lowest BCUT2D eigenvalue weighted by molar-refractivity contribution is -0.204. The van der Waals surface area contributed by atoms with Gasteiger partial charge in [0.1, 0.15) is 32.2 Å². The van der Waals surface area contributed by atoms with Crippen molar-refractivity contribution in [3.8, 4) is 0 Å². The number of urea groups is 1. The van der Waals surface area contributed by atoms with Crippen LogP contribution >= 0.6 is 7.60 Å². The molecule has 2 amide bonds. The Morgan fingerprint density at radius 3 is 2.73 bits per heavy atom. The number of carbonyl (C=O) groups is 1. The second-order valence-electron chi connectivity index (χ2n) is 8.46. The number of anilines is 1. The van der Waals surface area contributed by atoms with Crippen molar-refractivity contribution in [2.45, 2.75) is 37.8 Å². The lowest BCUT2D eigenvalue weighted by Crippen LogP contribution is -2.32. The second-order valence-corrected chi connectivity index (χ2v) is 10.4. The summed E-state index contributed by atoms with van der Waals surface area (Å²) in [5, 5.41) is 5.29. The highest BCUT2D eigenvalue weighted by atomic mass is 31.2. The third-order valence-electron chi connectivity index (χ3n) is 5.96. The number of aromatic nitrogens is 4. The van der Waals surface area contributed by atoms with Gasteiger partial charge in [0.15, 0.2) is 29.5 Å². The minimum Gasteiger partial charge on any atom is -0.778 e. The summed E-state index contributed by atoms with van der Waals surface area (Å²) in [4.78, 5) is 37.0. The van der Waals surface area contributed by atoms with Gasteiger partial charge in [0, 0.05) is 24.8 Å². The van der Waals surface area contributed by atoms with Crippen LogP contribution in [-0.4, -0.2) is 69.7 Å². The molecule has 0 saturated carbocycles. The van der Waals surface area contributed by atoms with Gasteiger partial charge in [0.2, 0.25) is 0 Å². The number of benzene rings is 1. The molecular weight excluding hydrogens is 505 g/mol. The summed E-state index contributed by atoms with van der Waals surface area (Å²) in [6.45, 7) is 1.92. The van der Waals surface area contributed by atoms with Crippen molar-refractivity contribution in [3.63, 3.8) is 0 Å². The quantitative estimate of drug-likeness (QED) is 0.332. The molecule has 2 saturated heterocycles. The summed E-state index contributed by atoms with van der Waals surface area (Å²) >= 11 is 0. The Morgan fingerprint density at radius 2 is 1.97 bits per heavy atom. The molecule has 2 aliphatic heterocycles. The lowest BCUT2D eigenvalue weighted by Gasteiger charge is -2.26. The van der Waals surface area contributed by atoms with Crippen molar-refractivity contribution >= 4 is 30.6 Å². The van der Waals surface area contributed by atoms with Gasteiger partial charge in [-0.2, -0.15) is 0 Å². The van der Waals surface area contributed by atoms with Gasteiger partial charge in [-0.05, 0) is 6.92 Å². The zero-order valence-electron chi connectivity index (χ0n) is 19.9. The van der Waals surface area contributed by atoms with Crippen LogP contribution in [0.25, 0.3) is 11.2 Å². The van der Waals surface area contributed by atoms with Gasteiger partial charge in [-0.15, -0.1) is 0 Å². The summed E-state index contributed by atoms with van der Waals surface area (Å²) in [5.74, 6) is 0.226. The van der Waals surface area contributed by atoms with Crippen LogP contribution in [0.3, 0.4) is 0 Å². The molecule has 5 rings (SSSR count). The highest BCUT2D eigenvalue weighted by molar-refractivity contribution is 7.51. The fourth-order valence-corrected chi connectivity index (χ4v) is 5.13. The molecule has 3 aromatic rings. The van der Waals surface area contributed by atoms with E-state index in [0.29, 0.717) is 17.7 Å². The SMILES string of the molecule is CCNC(=O)Nc1ncnc2c1ncn2[C@@H]1O[C@H](COP(=O)([O-])CCN)C2O[C@@H](c3ccccc3)O[C@@H]21. The molecule has 4 heterocycles. The number of hydrogen-bond donors (Lipinski definition) is 3. The highest BCUT2D eigenvalue weighted by Gasteiger charge is 2.54. The Morgan fingerprint density at radius 1 is 1.19 bits per heavy atom. The molecule has 2 aliphatic rings. The molecule has 37 heavy (non-hydrogen) atoms. The maximum Gasteiger partial charge on any atom is 0.320 e. The zero-order chi connectivity index (χ0) is 26.0. The molecule has 1 aromatic carbocycles. The molecule has 2 fully saturated rings. The van der Waals surface area contributed by atoms with E-state index in [2.05, 4.69) is 25.6 Å². The Bertz CT molecular complexity index is 1290. The standard InChI is InChI=1S/C22H28N7O7P/c1-2-24-22(30)28-18-15-19(26-11-25-18)29(12-27-15)20-17-16(14(34-20)10-33-37(31,32)9-8-23)35-21(36-17)13-6-4-3-5-7-13/h3-7,11-12,14,16-17,20-21H,2,8-10,23H2,1H3,(H,31,32)(H2,24,25,26,28,30)/p-1/t14-,16?,17+,20-,21-/m1/s1. The van der Waals surface area contributed by atoms with E-state index < -0.39 is 44.5 Å². The predicted octanol–water partition coefficient (Wildman–Crippen LogP) is 0.877. The minimum atomic E-state index is -4.14. The van der Waals surface area contributed by atoms with Crippen molar-refractivity contribution in [3.05, 3.63) is 48.5 Å². The number of carbonyl (C=O) groups excluding carboxylic acids is 1. The Kier molecular flexibility index (Phi) is 7.49. The smallest absolute Gasteiger partial charge is 0.320 e. The van der Waals surface area contributed by atoms with Crippen molar-refractivity contribution in [1.29, 1.82) is 0 Å². The summed E-state index contributed by atoms with van der Waals surface area (Å²) in [5.41, 5.74) is 6.92. The van der Waals surface area contributed by atoms with E-state index in [0.717, 1.165) is 5.56 Å². The highest BCUT2D eigenvalue weighted by Crippen LogP contribution is 2.46. The van der Waals surface area contributed by atoms with E-state index in [1.807, 2.05) is 30.3 Å². The molecule has 0 bridgehead atoms. The summed E-state index contributed by atoms with van der Waals surface area (Å²) in [6.07, 6.45) is -0.986. The number of rotatable bonds is 9. The topological polar surface area (TPSA) is 188 Å². The first-order valence-corrected chi connectivity index (χ1v) is 13.5. The van der Waals surface area contributed by atoms with Crippen LogP contribution in [0.15, 0.2) is 43.0 Å². The van der Waals surface area contributed by atoms with Crippen molar-refractivity contribution < 1.29 is 33.0 Å². The Hall–Kier alpha value is -2.97. The number of ether oxygens (including phenoxy) is 3. The third kappa shape index (κ3) is 5.36. The van der Waals surface area contributed by atoms with Crippen LogP contribution in [0, 0.1) is 0 Å². The van der Waals surface area contributed by atoms with E-state index in [-0.39, 0.29) is 25.1 Å². The number of amides is 2. The predicted molar refractivity (Wildman–Crippen MR) is 128 cm³/mol. The summed E-state index contributed by atoms with van der Waals surface area (Å²) in [6, 6.07) is 8.95. The van der Waals surface area contributed by atoms with Crippen molar-refractivity contribution in [2.24, 2.45) is 5.73 Å². The monoisotopic (exact) mass is 532 g/mol.